The van der Waals surface area contributed by atoms with Crippen molar-refractivity contribution in [2.24, 2.45) is 0 Å². The molecule has 18 heavy (non-hydrogen) atoms. The van der Waals surface area contributed by atoms with E-state index in [1.54, 1.807) is 7.11 Å². The van der Waals surface area contributed by atoms with Gasteiger partial charge >= 0.3 is 0 Å². The maximum absolute atomic E-state index is 10.5. The highest BCUT2D eigenvalue weighted by atomic mass is 16.5. The lowest BCUT2D eigenvalue weighted by Crippen LogP contribution is -2.29. The Kier molecular flexibility index (Phi) is 4.24. The molecule has 0 saturated heterocycles. The first-order chi connectivity index (χ1) is 8.78. The van der Waals surface area contributed by atoms with Crippen LogP contribution in [0.4, 0.5) is 0 Å². The number of amides is 1. The van der Waals surface area contributed by atoms with Crippen LogP contribution in [0.25, 0.3) is 0 Å². The maximum atomic E-state index is 10.5. The van der Waals surface area contributed by atoms with E-state index in [2.05, 4.69) is 30.4 Å². The molecule has 1 aromatic rings. The fraction of sp³-hybridized carbons (Fsp3) is 0.533. The number of nitrogens with one attached hydrogen (secondary N) is 1. The number of ether oxygens (including phenoxy) is 1. The molecule has 1 N–H and O–H groups in total. The molecule has 0 aliphatic heterocycles. The zero-order valence-electron chi connectivity index (χ0n) is 11.1. The largest absolute Gasteiger partial charge is 0.496 e. The molecule has 1 aromatic carbocycles. The van der Waals surface area contributed by atoms with Gasteiger partial charge in [0.05, 0.1) is 7.11 Å². The van der Waals surface area contributed by atoms with Gasteiger partial charge in [-0.3, -0.25) is 4.79 Å². The molecule has 1 atom stereocenters. The third-order valence-electron chi connectivity index (χ3n) is 3.59. The average Bonchev–Trinajstić information content (AvgIpc) is 3.22. The molecule has 0 radical (unpaired) electrons. The normalized spacial score (nSPS) is 16.1. The summed E-state index contributed by atoms with van der Waals surface area (Å²) in [5, 5.41) is 2.85. The molecular weight excluding hydrogens is 226 g/mol. The van der Waals surface area contributed by atoms with Crippen LogP contribution in [0.2, 0.25) is 0 Å². The van der Waals surface area contributed by atoms with Crippen LogP contribution in [0, 0.1) is 0 Å². The Balaban J connectivity index is 2.10. The van der Waals surface area contributed by atoms with E-state index in [-0.39, 0.29) is 6.04 Å². The first-order valence-electron chi connectivity index (χ1n) is 6.65. The molecule has 3 heteroatoms. The second-order valence-corrected chi connectivity index (χ2v) is 4.94. The van der Waals surface area contributed by atoms with Gasteiger partial charge in [0.15, 0.2) is 0 Å². The van der Waals surface area contributed by atoms with Gasteiger partial charge in [-0.1, -0.05) is 19.1 Å². The van der Waals surface area contributed by atoms with Crippen LogP contribution in [-0.2, 0) is 11.2 Å². The Morgan fingerprint density at radius 1 is 1.50 bits per heavy atom. The first-order valence-corrected chi connectivity index (χ1v) is 6.65. The van der Waals surface area contributed by atoms with Crippen LogP contribution in [0.15, 0.2) is 18.2 Å². The minimum Gasteiger partial charge on any atom is -0.496 e. The third kappa shape index (κ3) is 3.03. The lowest BCUT2D eigenvalue weighted by molar-refractivity contribution is -0.110. The second-order valence-electron chi connectivity index (χ2n) is 4.94. The predicted octanol–water partition coefficient (Wildman–Crippen LogP) is 2.64. The van der Waals surface area contributed by atoms with Crippen molar-refractivity contribution in [1.29, 1.82) is 0 Å². The third-order valence-corrected chi connectivity index (χ3v) is 3.59. The molecular formula is C15H21NO2. The van der Waals surface area contributed by atoms with E-state index >= 15 is 0 Å². The molecule has 0 bridgehead atoms. The number of hydrogen-bond donors (Lipinski definition) is 1. The average molecular weight is 247 g/mol. The van der Waals surface area contributed by atoms with Crippen LogP contribution in [0.1, 0.15) is 43.2 Å². The fourth-order valence-electron chi connectivity index (χ4n) is 2.32. The van der Waals surface area contributed by atoms with Crippen molar-refractivity contribution in [1.82, 2.24) is 5.32 Å². The number of carbonyl (C=O) groups is 1. The SMILES string of the molecule is CC[C@H](Cc1ccc(C2CC2)c(OC)c1)NC=O. The zero-order valence-corrected chi connectivity index (χ0v) is 11.1. The van der Waals surface area contributed by atoms with Crippen molar-refractivity contribution >= 4 is 6.41 Å². The van der Waals surface area contributed by atoms with Crippen molar-refractivity contribution < 1.29 is 9.53 Å². The molecule has 1 aliphatic carbocycles. The molecule has 1 amide bonds. The van der Waals surface area contributed by atoms with Gasteiger partial charge in [-0.05, 0) is 48.8 Å². The Morgan fingerprint density at radius 3 is 2.83 bits per heavy atom. The van der Waals surface area contributed by atoms with E-state index in [4.69, 9.17) is 4.74 Å². The van der Waals surface area contributed by atoms with Gasteiger partial charge in [-0.15, -0.1) is 0 Å². The lowest BCUT2D eigenvalue weighted by atomic mass is 10.0. The summed E-state index contributed by atoms with van der Waals surface area (Å²) in [6.07, 6.45) is 5.13. The fourth-order valence-corrected chi connectivity index (χ4v) is 2.32. The Labute approximate surface area is 109 Å². The van der Waals surface area contributed by atoms with Crippen LogP contribution in [0.3, 0.4) is 0 Å². The summed E-state index contributed by atoms with van der Waals surface area (Å²) < 4.78 is 5.47. The van der Waals surface area contributed by atoms with Crippen molar-refractivity contribution in [3.63, 3.8) is 0 Å². The number of hydrogen-bond acceptors (Lipinski definition) is 2. The maximum Gasteiger partial charge on any atom is 0.207 e. The number of methoxy groups -OCH3 is 1. The standard InChI is InChI=1S/C15H21NO2/c1-3-13(16-10-17)8-11-4-7-14(12-5-6-12)15(9-11)18-2/h4,7,9-10,12-13H,3,5-6,8H2,1-2H3,(H,16,17)/t13-/m1/s1. The van der Waals surface area contributed by atoms with Gasteiger partial charge in [0.25, 0.3) is 0 Å². The van der Waals surface area contributed by atoms with Gasteiger partial charge in [-0.2, -0.15) is 0 Å². The molecule has 0 heterocycles. The molecule has 0 unspecified atom stereocenters. The van der Waals surface area contributed by atoms with Crippen molar-refractivity contribution in [3.05, 3.63) is 29.3 Å². The number of carbonyl (C=O) groups excluding carboxylic acids is 1. The minimum absolute atomic E-state index is 0.207. The zero-order chi connectivity index (χ0) is 13.0. The van der Waals surface area contributed by atoms with E-state index < -0.39 is 0 Å². The van der Waals surface area contributed by atoms with Gasteiger partial charge in [0.1, 0.15) is 5.75 Å². The molecule has 0 spiro atoms. The highest BCUT2D eigenvalue weighted by Crippen LogP contribution is 2.44. The smallest absolute Gasteiger partial charge is 0.207 e. The first kappa shape index (κ1) is 12.9. The van der Waals surface area contributed by atoms with Crippen molar-refractivity contribution in [2.45, 2.75) is 44.6 Å². The Bertz CT molecular complexity index is 413. The molecule has 1 aliphatic rings. The quantitative estimate of drug-likeness (QED) is 0.752. The molecule has 0 aromatic heterocycles. The van der Waals surface area contributed by atoms with Gasteiger partial charge in [0, 0.05) is 6.04 Å². The topological polar surface area (TPSA) is 38.3 Å². The summed E-state index contributed by atoms with van der Waals surface area (Å²) in [6.45, 7) is 2.08. The molecule has 1 saturated carbocycles. The lowest BCUT2D eigenvalue weighted by Gasteiger charge is -2.15. The van der Waals surface area contributed by atoms with E-state index in [9.17, 15) is 4.79 Å². The molecule has 1 fully saturated rings. The monoisotopic (exact) mass is 247 g/mol. The summed E-state index contributed by atoms with van der Waals surface area (Å²) in [4.78, 5) is 10.5. The molecule has 98 valence electrons. The minimum atomic E-state index is 0.207. The predicted molar refractivity (Wildman–Crippen MR) is 72.0 cm³/mol. The van der Waals surface area contributed by atoms with Crippen LogP contribution >= 0.6 is 0 Å². The van der Waals surface area contributed by atoms with E-state index in [1.807, 2.05) is 0 Å². The Morgan fingerprint density at radius 2 is 2.28 bits per heavy atom. The van der Waals surface area contributed by atoms with Gasteiger partial charge in [-0.25, -0.2) is 0 Å². The van der Waals surface area contributed by atoms with Crippen LogP contribution in [0.5, 0.6) is 5.75 Å². The summed E-state index contributed by atoms with van der Waals surface area (Å²) in [5.41, 5.74) is 2.55. The van der Waals surface area contributed by atoms with Gasteiger partial charge in [0.2, 0.25) is 6.41 Å². The molecule has 3 nitrogen and oxygen atoms in total. The van der Waals surface area contributed by atoms with E-state index in [0.29, 0.717) is 5.92 Å². The van der Waals surface area contributed by atoms with Crippen molar-refractivity contribution in [2.75, 3.05) is 7.11 Å². The summed E-state index contributed by atoms with van der Waals surface area (Å²) in [6, 6.07) is 6.66. The van der Waals surface area contributed by atoms with E-state index in [1.165, 1.54) is 24.0 Å². The second kappa shape index (κ2) is 5.89. The highest BCUT2D eigenvalue weighted by Gasteiger charge is 2.26. The molecule has 2 rings (SSSR count). The summed E-state index contributed by atoms with van der Waals surface area (Å²) >= 11 is 0. The highest BCUT2D eigenvalue weighted by molar-refractivity contribution is 5.47. The van der Waals surface area contributed by atoms with Crippen LogP contribution in [-0.4, -0.2) is 19.6 Å². The van der Waals surface area contributed by atoms with E-state index in [0.717, 1.165) is 25.0 Å². The number of benzene rings is 1. The summed E-state index contributed by atoms with van der Waals surface area (Å²) in [5.74, 6) is 1.69. The van der Waals surface area contributed by atoms with Gasteiger partial charge < -0.3 is 10.1 Å². The number of rotatable bonds is 7. The van der Waals surface area contributed by atoms with Crippen molar-refractivity contribution in [3.8, 4) is 5.75 Å². The summed E-state index contributed by atoms with van der Waals surface area (Å²) in [7, 11) is 1.73. The Hall–Kier alpha value is -1.51. The van der Waals surface area contributed by atoms with Crippen LogP contribution < -0.4 is 10.1 Å².